The third kappa shape index (κ3) is 4.13. The quantitative estimate of drug-likeness (QED) is 0.682. The summed E-state index contributed by atoms with van der Waals surface area (Å²) in [4.78, 5) is 11.9. The molecule has 0 unspecified atom stereocenters. The standard InChI is InChI=1S/C16H14FN5O/c17-13-10-19-16(23-11-12-6-2-1-3-7-12)20-15(13)22-21-14-8-4-5-9-18-14/h1-10H,11H2,(H,18,21)(H,19,20,22). The van der Waals surface area contributed by atoms with Crippen LogP contribution in [-0.4, -0.2) is 15.0 Å². The van der Waals surface area contributed by atoms with E-state index in [1.807, 2.05) is 36.4 Å². The highest BCUT2D eigenvalue weighted by Gasteiger charge is 2.08. The molecule has 0 aliphatic carbocycles. The van der Waals surface area contributed by atoms with Crippen LogP contribution >= 0.6 is 0 Å². The monoisotopic (exact) mass is 311 g/mol. The molecule has 0 bridgehead atoms. The molecule has 0 atom stereocenters. The van der Waals surface area contributed by atoms with E-state index in [9.17, 15) is 4.39 Å². The molecule has 0 amide bonds. The number of rotatable bonds is 6. The number of anilines is 2. The van der Waals surface area contributed by atoms with E-state index in [2.05, 4.69) is 25.8 Å². The molecule has 0 aliphatic heterocycles. The lowest BCUT2D eigenvalue weighted by atomic mass is 10.2. The van der Waals surface area contributed by atoms with Crippen molar-refractivity contribution in [2.45, 2.75) is 6.61 Å². The first-order valence-electron chi connectivity index (χ1n) is 6.93. The number of benzene rings is 1. The Bertz CT molecular complexity index is 755. The average molecular weight is 311 g/mol. The number of halogens is 1. The number of hydrogen-bond donors (Lipinski definition) is 2. The van der Waals surface area contributed by atoms with Crippen molar-refractivity contribution in [2.24, 2.45) is 0 Å². The molecule has 2 heterocycles. The minimum Gasteiger partial charge on any atom is -0.459 e. The molecule has 1 aromatic carbocycles. The lowest BCUT2D eigenvalue weighted by Gasteiger charge is -2.10. The molecule has 2 aromatic heterocycles. The minimum absolute atomic E-state index is 0.0197. The van der Waals surface area contributed by atoms with Crippen LogP contribution in [0.1, 0.15) is 5.56 Å². The molecule has 0 aliphatic rings. The van der Waals surface area contributed by atoms with Crippen LogP contribution in [0, 0.1) is 5.82 Å². The smallest absolute Gasteiger partial charge is 0.318 e. The summed E-state index contributed by atoms with van der Waals surface area (Å²) >= 11 is 0. The number of nitrogens with zero attached hydrogens (tertiary/aromatic N) is 3. The zero-order chi connectivity index (χ0) is 15.9. The van der Waals surface area contributed by atoms with E-state index in [1.54, 1.807) is 18.3 Å². The Labute approximate surface area is 132 Å². The van der Waals surface area contributed by atoms with Gasteiger partial charge in [0.25, 0.3) is 0 Å². The summed E-state index contributed by atoms with van der Waals surface area (Å²) in [6.45, 7) is 0.305. The van der Waals surface area contributed by atoms with Gasteiger partial charge in [-0.15, -0.1) is 0 Å². The van der Waals surface area contributed by atoms with Gasteiger partial charge in [0.1, 0.15) is 12.4 Å². The van der Waals surface area contributed by atoms with E-state index in [4.69, 9.17) is 4.74 Å². The second kappa shape index (κ2) is 7.17. The van der Waals surface area contributed by atoms with E-state index in [0.29, 0.717) is 12.4 Å². The number of hydrazine groups is 1. The van der Waals surface area contributed by atoms with E-state index in [1.165, 1.54) is 0 Å². The molecular weight excluding hydrogens is 297 g/mol. The fraction of sp³-hybridized carbons (Fsp3) is 0.0625. The highest BCUT2D eigenvalue weighted by Crippen LogP contribution is 2.14. The van der Waals surface area contributed by atoms with Crippen molar-refractivity contribution in [1.82, 2.24) is 15.0 Å². The van der Waals surface area contributed by atoms with E-state index < -0.39 is 5.82 Å². The van der Waals surface area contributed by atoms with E-state index in [-0.39, 0.29) is 11.8 Å². The van der Waals surface area contributed by atoms with Gasteiger partial charge >= 0.3 is 6.01 Å². The number of pyridine rings is 1. The topological polar surface area (TPSA) is 72.0 Å². The van der Waals surface area contributed by atoms with Gasteiger partial charge in [-0.25, -0.2) is 14.4 Å². The van der Waals surface area contributed by atoms with Crippen molar-refractivity contribution in [3.05, 3.63) is 72.3 Å². The molecule has 116 valence electrons. The van der Waals surface area contributed by atoms with Crippen molar-refractivity contribution in [3.63, 3.8) is 0 Å². The number of ether oxygens (including phenoxy) is 1. The largest absolute Gasteiger partial charge is 0.459 e. The van der Waals surface area contributed by atoms with Gasteiger partial charge in [0.15, 0.2) is 11.6 Å². The highest BCUT2D eigenvalue weighted by atomic mass is 19.1. The van der Waals surface area contributed by atoms with Crippen LogP contribution in [0.15, 0.2) is 60.9 Å². The average Bonchev–Trinajstić information content (AvgIpc) is 2.62. The van der Waals surface area contributed by atoms with Gasteiger partial charge in [-0.3, -0.25) is 10.9 Å². The van der Waals surface area contributed by atoms with Crippen LogP contribution in [-0.2, 0) is 6.61 Å². The Kier molecular flexibility index (Phi) is 4.58. The molecule has 0 radical (unpaired) electrons. The molecule has 3 rings (SSSR count). The van der Waals surface area contributed by atoms with Gasteiger partial charge in [-0.05, 0) is 17.7 Å². The molecule has 6 nitrogen and oxygen atoms in total. The first-order valence-corrected chi connectivity index (χ1v) is 6.93. The maximum Gasteiger partial charge on any atom is 0.318 e. The Balaban J connectivity index is 1.64. The molecule has 0 fully saturated rings. The first-order chi connectivity index (χ1) is 11.3. The molecule has 3 aromatic rings. The zero-order valence-corrected chi connectivity index (χ0v) is 12.1. The third-order valence-corrected chi connectivity index (χ3v) is 2.91. The van der Waals surface area contributed by atoms with Crippen molar-refractivity contribution in [1.29, 1.82) is 0 Å². The number of nitrogens with one attached hydrogen (secondary N) is 2. The second-order valence-electron chi connectivity index (χ2n) is 4.59. The molecule has 0 saturated carbocycles. The lowest BCUT2D eigenvalue weighted by Crippen LogP contribution is -2.13. The van der Waals surface area contributed by atoms with Crippen LogP contribution in [0.4, 0.5) is 16.0 Å². The Hall–Kier alpha value is -3.22. The van der Waals surface area contributed by atoms with E-state index in [0.717, 1.165) is 11.8 Å². The summed E-state index contributed by atoms with van der Waals surface area (Å²) < 4.78 is 19.2. The number of hydrogen-bond acceptors (Lipinski definition) is 6. The summed E-state index contributed by atoms with van der Waals surface area (Å²) in [7, 11) is 0. The molecule has 0 saturated heterocycles. The van der Waals surface area contributed by atoms with Gasteiger partial charge in [-0.1, -0.05) is 36.4 Å². The fourth-order valence-electron chi connectivity index (χ4n) is 1.79. The molecule has 7 heteroatoms. The van der Waals surface area contributed by atoms with Gasteiger partial charge in [0, 0.05) is 6.20 Å². The first kappa shape index (κ1) is 14.7. The Morgan fingerprint density at radius 2 is 1.78 bits per heavy atom. The van der Waals surface area contributed by atoms with Crippen LogP contribution in [0.25, 0.3) is 0 Å². The zero-order valence-electron chi connectivity index (χ0n) is 12.1. The molecular formula is C16H14FN5O. The van der Waals surface area contributed by atoms with Crippen LogP contribution in [0.3, 0.4) is 0 Å². The van der Waals surface area contributed by atoms with Crippen LogP contribution < -0.4 is 15.6 Å². The highest BCUT2D eigenvalue weighted by molar-refractivity contribution is 5.44. The van der Waals surface area contributed by atoms with Gasteiger partial charge in [0.2, 0.25) is 0 Å². The normalized spacial score (nSPS) is 10.1. The van der Waals surface area contributed by atoms with Crippen molar-refractivity contribution < 1.29 is 9.13 Å². The summed E-state index contributed by atoms with van der Waals surface area (Å²) in [6.07, 6.45) is 2.67. The minimum atomic E-state index is -0.597. The summed E-state index contributed by atoms with van der Waals surface area (Å²) in [6, 6.07) is 15.0. The van der Waals surface area contributed by atoms with Crippen LogP contribution in [0.2, 0.25) is 0 Å². The van der Waals surface area contributed by atoms with Gasteiger partial charge in [-0.2, -0.15) is 4.98 Å². The molecule has 0 spiro atoms. The Morgan fingerprint density at radius 1 is 0.957 bits per heavy atom. The number of aromatic nitrogens is 3. The fourth-order valence-corrected chi connectivity index (χ4v) is 1.79. The van der Waals surface area contributed by atoms with Gasteiger partial charge in [0.05, 0.1) is 6.20 Å². The second-order valence-corrected chi connectivity index (χ2v) is 4.59. The molecule has 2 N–H and O–H groups in total. The summed E-state index contributed by atoms with van der Waals surface area (Å²) in [5, 5.41) is 0. The van der Waals surface area contributed by atoms with Crippen LogP contribution in [0.5, 0.6) is 6.01 Å². The maximum atomic E-state index is 13.7. The van der Waals surface area contributed by atoms with Crippen molar-refractivity contribution in [2.75, 3.05) is 10.9 Å². The maximum absolute atomic E-state index is 13.7. The summed E-state index contributed by atoms with van der Waals surface area (Å²) in [5.41, 5.74) is 6.38. The third-order valence-electron chi connectivity index (χ3n) is 2.91. The van der Waals surface area contributed by atoms with Crippen molar-refractivity contribution >= 4 is 11.6 Å². The summed E-state index contributed by atoms with van der Waals surface area (Å²) in [5.74, 6) is -0.0773. The van der Waals surface area contributed by atoms with E-state index >= 15 is 0 Å². The predicted octanol–water partition coefficient (Wildman–Crippen LogP) is 3.03. The van der Waals surface area contributed by atoms with Crippen molar-refractivity contribution in [3.8, 4) is 6.01 Å². The predicted molar refractivity (Wildman–Crippen MR) is 84.2 cm³/mol. The van der Waals surface area contributed by atoms with Gasteiger partial charge < -0.3 is 4.74 Å². The lowest BCUT2D eigenvalue weighted by molar-refractivity contribution is 0.280. The Morgan fingerprint density at radius 3 is 2.57 bits per heavy atom. The SMILES string of the molecule is Fc1cnc(OCc2ccccc2)nc1NNc1ccccn1. The molecule has 23 heavy (non-hydrogen) atoms.